The van der Waals surface area contributed by atoms with Gasteiger partial charge < -0.3 is 36.8 Å². The van der Waals surface area contributed by atoms with Crippen LogP contribution >= 0.6 is 0 Å². The van der Waals surface area contributed by atoms with Crippen molar-refractivity contribution >= 4 is 47.2 Å². The van der Waals surface area contributed by atoms with Crippen LogP contribution in [0.25, 0.3) is 0 Å². The van der Waals surface area contributed by atoms with Crippen LogP contribution in [0.4, 0.5) is 0 Å². The largest absolute Gasteiger partial charge is 0.484 e. The molecule has 2 amide bonds. The first-order valence-corrected chi connectivity index (χ1v) is 26.2. The third-order valence-electron chi connectivity index (χ3n) is 12.3. The number of hydrogen-bond donors (Lipinski definition) is 2. The van der Waals surface area contributed by atoms with E-state index in [4.69, 9.17) is 36.9 Å². The number of fused-ring (bicyclic) bond motifs is 2. The van der Waals surface area contributed by atoms with Crippen LogP contribution in [0.5, 0.6) is 11.5 Å². The van der Waals surface area contributed by atoms with Crippen molar-refractivity contribution in [3.8, 4) is 11.5 Å². The molecule has 346 valence electrons. The van der Waals surface area contributed by atoms with E-state index in [1.165, 1.54) is 6.34 Å². The molecule has 0 saturated carbocycles. The lowest BCUT2D eigenvalue weighted by Crippen LogP contribution is -2.66. The molecule has 4 aliphatic rings. The zero-order chi connectivity index (χ0) is 46.2. The van der Waals surface area contributed by atoms with E-state index >= 15 is 0 Å². The van der Waals surface area contributed by atoms with Crippen molar-refractivity contribution in [2.45, 2.75) is 167 Å². The van der Waals surface area contributed by atoms with Crippen molar-refractivity contribution in [3.63, 3.8) is 0 Å². The molecule has 2 N–H and O–H groups in total. The maximum atomic E-state index is 13.9. The van der Waals surface area contributed by atoms with Crippen LogP contribution in [0.2, 0.25) is 22.2 Å². The number of nitrogens with zero attached hydrogens (tertiary/aromatic N) is 3. The summed E-state index contributed by atoms with van der Waals surface area (Å²) in [5.74, 6) is -0.666. The molecular formula is C46H69N5O10Si2. The Hall–Kier alpha value is -4.14. The third kappa shape index (κ3) is 10.4. The van der Waals surface area contributed by atoms with E-state index < -0.39 is 71.7 Å². The standard InChI is InChI=1S/C46H69N5O10Si2/c1-27(2)62(28(3)4)57-23-35-39(60-63(61-62,29(5)6)30(7)8)40(59-37(53)25-56-34-21-17-32(18-22-34)46(12,13)14)43(58-35)51-26-47-38-41(51)49-44(50-42(38)54)48-36(52)24-55-33-19-15-31(16-20-33)45(9,10)11/h15-22,26-30,35,38-41,43H,23-25H2,1-14H3,(H2,48,49,50,52,54). The zero-order valence-corrected chi connectivity index (χ0v) is 41.5. The van der Waals surface area contributed by atoms with Gasteiger partial charge in [0.25, 0.3) is 11.8 Å². The van der Waals surface area contributed by atoms with Crippen molar-refractivity contribution in [1.82, 2.24) is 15.5 Å². The van der Waals surface area contributed by atoms with E-state index in [9.17, 15) is 14.4 Å². The number of hydrogen-bond acceptors (Lipinski definition) is 13. The minimum absolute atomic E-state index is 0.0126. The molecule has 2 saturated heterocycles. The van der Waals surface area contributed by atoms with Crippen LogP contribution in [0, 0.1) is 0 Å². The molecule has 0 aliphatic carbocycles. The Bertz CT molecular complexity index is 2000. The second-order valence-electron chi connectivity index (χ2n) is 20.3. The highest BCUT2D eigenvalue weighted by molar-refractivity contribution is 6.84. The normalized spacial score (nSPS) is 25.6. The van der Waals surface area contributed by atoms with Gasteiger partial charge >= 0.3 is 23.1 Å². The molecule has 6 atom stereocenters. The first-order valence-electron chi connectivity index (χ1n) is 22.3. The molecular weight excluding hydrogens is 839 g/mol. The Balaban J connectivity index is 1.28. The fraction of sp³-hybridized carbons (Fsp3) is 0.630. The number of guanidine groups is 1. The van der Waals surface area contributed by atoms with Gasteiger partial charge in [-0.25, -0.2) is 9.79 Å². The molecule has 6 unspecified atom stereocenters. The third-order valence-corrected chi connectivity index (χ3v) is 22.6. The summed E-state index contributed by atoms with van der Waals surface area (Å²) in [4.78, 5) is 51.6. The summed E-state index contributed by atoms with van der Waals surface area (Å²) in [6, 6.07) is 14.2. The average Bonchev–Trinajstić information content (AvgIpc) is 3.76. The minimum atomic E-state index is -3.21. The monoisotopic (exact) mass is 907 g/mol. The average molecular weight is 908 g/mol. The van der Waals surface area contributed by atoms with Gasteiger partial charge in [0, 0.05) is 0 Å². The number of amides is 2. The Morgan fingerprint density at radius 2 is 1.33 bits per heavy atom. The van der Waals surface area contributed by atoms with Gasteiger partial charge in [-0.05, 0) is 68.4 Å². The highest BCUT2D eigenvalue weighted by Gasteiger charge is 2.63. The maximum absolute atomic E-state index is 13.9. The minimum Gasteiger partial charge on any atom is -0.484 e. The number of carbonyl (C=O) groups is 3. The van der Waals surface area contributed by atoms with Crippen molar-refractivity contribution < 1.29 is 46.3 Å². The molecule has 4 aliphatic heterocycles. The number of esters is 1. The summed E-state index contributed by atoms with van der Waals surface area (Å²) >= 11 is 0. The van der Waals surface area contributed by atoms with Gasteiger partial charge in [0.05, 0.1) is 12.9 Å². The number of nitrogens with one attached hydrogen (secondary N) is 2. The van der Waals surface area contributed by atoms with Crippen LogP contribution in [-0.2, 0) is 47.7 Å². The van der Waals surface area contributed by atoms with Crippen LogP contribution in [0.1, 0.15) is 108 Å². The van der Waals surface area contributed by atoms with E-state index in [1.54, 1.807) is 4.90 Å². The topological polar surface area (TPSA) is 168 Å². The van der Waals surface area contributed by atoms with Crippen molar-refractivity contribution in [1.29, 1.82) is 0 Å². The Kier molecular flexibility index (Phi) is 14.4. The quantitative estimate of drug-likeness (QED) is 0.167. The fourth-order valence-electron chi connectivity index (χ4n) is 8.67. The molecule has 0 aromatic heterocycles. The van der Waals surface area contributed by atoms with Crippen molar-refractivity contribution in [2.75, 3.05) is 19.8 Å². The van der Waals surface area contributed by atoms with Gasteiger partial charge in [0.2, 0.25) is 5.96 Å². The highest BCUT2D eigenvalue weighted by Crippen LogP contribution is 2.48. The van der Waals surface area contributed by atoms with Gasteiger partial charge in [-0.15, -0.1) is 0 Å². The smallest absolute Gasteiger partial charge is 0.344 e. The Labute approximate surface area is 375 Å². The number of rotatable bonds is 12. The second kappa shape index (κ2) is 18.8. The van der Waals surface area contributed by atoms with Crippen LogP contribution in [0.3, 0.4) is 0 Å². The van der Waals surface area contributed by atoms with Gasteiger partial charge in [0.15, 0.2) is 37.8 Å². The number of aliphatic imine (C=N–C) groups is 2. The first-order chi connectivity index (χ1) is 29.4. The predicted octanol–water partition coefficient (Wildman–Crippen LogP) is 6.97. The number of carbonyl (C=O) groups excluding carboxylic acids is 3. The van der Waals surface area contributed by atoms with E-state index in [-0.39, 0.29) is 58.8 Å². The Morgan fingerprint density at radius 3 is 1.84 bits per heavy atom. The van der Waals surface area contributed by atoms with Gasteiger partial charge in [0.1, 0.15) is 23.7 Å². The van der Waals surface area contributed by atoms with Gasteiger partial charge in [-0.1, -0.05) is 121 Å². The van der Waals surface area contributed by atoms with Gasteiger partial charge in [-0.3, -0.25) is 25.2 Å². The molecule has 0 spiro atoms. The van der Waals surface area contributed by atoms with E-state index in [0.29, 0.717) is 11.5 Å². The first kappa shape index (κ1) is 48.3. The number of benzene rings is 2. The molecule has 2 aromatic carbocycles. The molecule has 63 heavy (non-hydrogen) atoms. The van der Waals surface area contributed by atoms with E-state index in [0.717, 1.165) is 11.1 Å². The maximum Gasteiger partial charge on any atom is 0.344 e. The van der Waals surface area contributed by atoms with Crippen LogP contribution in [0.15, 0.2) is 58.5 Å². The van der Waals surface area contributed by atoms with Crippen LogP contribution < -0.4 is 20.1 Å². The molecule has 0 radical (unpaired) electrons. The highest BCUT2D eigenvalue weighted by atomic mass is 28.5. The lowest BCUT2D eigenvalue weighted by molar-refractivity contribution is -0.163. The van der Waals surface area contributed by atoms with Gasteiger partial charge in [-0.2, -0.15) is 0 Å². The van der Waals surface area contributed by atoms with E-state index in [2.05, 4.69) is 113 Å². The zero-order valence-electron chi connectivity index (χ0n) is 39.5. The SMILES string of the molecule is CC(C)[Si]1(C(C)C)OCC2OC(N3C=NC4C(=O)NC(NC(=O)COc5ccc(C(C)(C)C)cc5)=NC43)C(OC(=O)COc3ccc(C(C)(C)C)cc3)C2O[Si](C(C)C)(C(C)C)O1. The summed E-state index contributed by atoms with van der Waals surface area (Å²) in [5, 5.41) is 5.34. The summed E-state index contributed by atoms with van der Waals surface area (Å²) in [7, 11) is -6.16. The Morgan fingerprint density at radius 1 is 0.810 bits per heavy atom. The van der Waals surface area contributed by atoms with Crippen molar-refractivity contribution in [3.05, 3.63) is 59.7 Å². The fourth-order valence-corrected chi connectivity index (χ4v) is 19.9. The summed E-state index contributed by atoms with van der Waals surface area (Å²) in [6.07, 6.45) is -3.07. The summed E-state index contributed by atoms with van der Waals surface area (Å²) in [5.41, 5.74) is 2.35. The molecule has 2 aromatic rings. The second-order valence-corrected chi connectivity index (χ2v) is 29.1. The lowest BCUT2D eigenvalue weighted by atomic mass is 9.87. The molecule has 17 heteroatoms. The lowest BCUT2D eigenvalue weighted by Gasteiger charge is -2.51. The molecule has 15 nitrogen and oxygen atoms in total. The van der Waals surface area contributed by atoms with Crippen LogP contribution in [-0.4, -0.2) is 109 Å². The molecule has 6 rings (SSSR count). The van der Waals surface area contributed by atoms with Crippen molar-refractivity contribution in [2.24, 2.45) is 9.98 Å². The van der Waals surface area contributed by atoms with E-state index in [1.807, 2.05) is 48.5 Å². The summed E-state index contributed by atoms with van der Waals surface area (Å²) < 4.78 is 46.8. The predicted molar refractivity (Wildman–Crippen MR) is 245 cm³/mol. The number of ether oxygens (including phenoxy) is 4. The molecule has 4 heterocycles. The molecule has 2 fully saturated rings. The molecule has 0 bridgehead atoms. The summed E-state index contributed by atoms with van der Waals surface area (Å²) in [6.45, 7) is 29.2.